The van der Waals surface area contributed by atoms with Crippen molar-refractivity contribution < 1.29 is 9.13 Å². The van der Waals surface area contributed by atoms with Gasteiger partial charge in [0.05, 0.1) is 12.6 Å². The number of methoxy groups -OCH3 is 1. The minimum Gasteiger partial charge on any atom is -0.497 e. The van der Waals surface area contributed by atoms with Crippen molar-refractivity contribution in [1.29, 1.82) is 0 Å². The fourth-order valence-corrected chi connectivity index (χ4v) is 2.86. The van der Waals surface area contributed by atoms with Crippen molar-refractivity contribution in [2.24, 2.45) is 0 Å². The molecule has 6 heteroatoms. The predicted octanol–water partition coefficient (Wildman–Crippen LogP) is 5.13. The molecule has 0 aliphatic carbocycles. The van der Waals surface area contributed by atoms with Crippen LogP contribution in [0, 0.1) is 5.82 Å². The number of ether oxygens (including phenoxy) is 1. The number of nitrogens with one attached hydrogen (secondary N) is 2. The third kappa shape index (κ3) is 4.01. The van der Waals surface area contributed by atoms with Crippen LogP contribution < -0.4 is 15.4 Å². The highest BCUT2D eigenvalue weighted by Crippen LogP contribution is 2.24. The number of halogens is 1. The molecule has 4 rings (SSSR count). The van der Waals surface area contributed by atoms with Gasteiger partial charge in [0.1, 0.15) is 17.4 Å². The number of aromatic nitrogens is 2. The van der Waals surface area contributed by atoms with E-state index in [1.807, 2.05) is 48.5 Å². The summed E-state index contributed by atoms with van der Waals surface area (Å²) < 4.78 is 18.3. The Morgan fingerprint density at radius 2 is 1.64 bits per heavy atom. The molecule has 0 atom stereocenters. The quantitative estimate of drug-likeness (QED) is 0.490. The average Bonchev–Trinajstić information content (AvgIpc) is 2.74. The molecule has 0 spiro atoms. The molecule has 0 unspecified atom stereocenters. The number of hydrogen-bond donors (Lipinski definition) is 2. The summed E-state index contributed by atoms with van der Waals surface area (Å²) in [5.74, 6) is 1.71. The number of para-hydroxylation sites is 1. The molecule has 0 bridgehead atoms. The molecular weight excluding hydrogens is 355 g/mol. The lowest BCUT2D eigenvalue weighted by atomic mass is 10.2. The van der Waals surface area contributed by atoms with Gasteiger partial charge < -0.3 is 15.4 Å². The number of nitrogens with zero attached hydrogens (tertiary/aromatic N) is 2. The fourth-order valence-electron chi connectivity index (χ4n) is 2.86. The molecule has 0 aliphatic rings. The van der Waals surface area contributed by atoms with Gasteiger partial charge >= 0.3 is 0 Å². The lowest BCUT2D eigenvalue weighted by Gasteiger charge is -2.12. The highest BCUT2D eigenvalue weighted by molar-refractivity contribution is 5.90. The van der Waals surface area contributed by atoms with E-state index in [0.717, 1.165) is 33.7 Å². The van der Waals surface area contributed by atoms with Gasteiger partial charge in [-0.2, -0.15) is 4.98 Å². The molecule has 0 saturated carbocycles. The van der Waals surface area contributed by atoms with Crippen LogP contribution in [0.2, 0.25) is 0 Å². The Kier molecular flexibility index (Phi) is 5.01. The Bertz CT molecular complexity index is 1080. The maximum atomic E-state index is 13.1. The molecule has 4 aromatic rings. The van der Waals surface area contributed by atoms with Crippen LogP contribution in [0.5, 0.6) is 5.75 Å². The Morgan fingerprint density at radius 1 is 0.893 bits per heavy atom. The van der Waals surface area contributed by atoms with E-state index in [1.165, 1.54) is 12.1 Å². The summed E-state index contributed by atoms with van der Waals surface area (Å²) in [6.45, 7) is 0.612. The average molecular weight is 374 g/mol. The Morgan fingerprint density at radius 3 is 2.39 bits per heavy atom. The maximum Gasteiger partial charge on any atom is 0.229 e. The molecule has 140 valence electrons. The van der Waals surface area contributed by atoms with E-state index in [-0.39, 0.29) is 5.82 Å². The van der Waals surface area contributed by atoms with E-state index in [0.29, 0.717) is 12.5 Å². The highest BCUT2D eigenvalue weighted by Gasteiger charge is 2.08. The molecular formula is C22H19FN4O. The summed E-state index contributed by atoms with van der Waals surface area (Å²) >= 11 is 0. The molecule has 28 heavy (non-hydrogen) atoms. The summed E-state index contributed by atoms with van der Waals surface area (Å²) in [6, 6.07) is 21.8. The van der Waals surface area contributed by atoms with Crippen LogP contribution in [0.25, 0.3) is 10.9 Å². The standard InChI is InChI=1S/C22H19FN4O/c1-28-18-12-6-15(7-13-18)14-24-21-19-4-2-3-5-20(19)26-22(27-21)25-17-10-8-16(23)9-11-17/h2-13H,14H2,1H3,(H2,24,25,26,27). The minimum atomic E-state index is -0.285. The second kappa shape index (κ2) is 7.92. The molecule has 2 N–H and O–H groups in total. The van der Waals surface area contributed by atoms with Crippen LogP contribution in [0.4, 0.5) is 21.8 Å². The second-order valence-electron chi connectivity index (χ2n) is 6.25. The van der Waals surface area contributed by atoms with E-state index >= 15 is 0 Å². The van der Waals surface area contributed by atoms with E-state index < -0.39 is 0 Å². The molecule has 3 aromatic carbocycles. The van der Waals surface area contributed by atoms with Crippen molar-refractivity contribution in [1.82, 2.24) is 9.97 Å². The molecule has 0 radical (unpaired) electrons. The van der Waals surface area contributed by atoms with E-state index in [1.54, 1.807) is 19.2 Å². The molecule has 5 nitrogen and oxygen atoms in total. The highest BCUT2D eigenvalue weighted by atomic mass is 19.1. The maximum absolute atomic E-state index is 13.1. The van der Waals surface area contributed by atoms with Crippen molar-refractivity contribution >= 4 is 28.4 Å². The van der Waals surface area contributed by atoms with Gasteiger partial charge in [-0.1, -0.05) is 24.3 Å². The number of anilines is 3. The van der Waals surface area contributed by atoms with Crippen molar-refractivity contribution in [3.63, 3.8) is 0 Å². The smallest absolute Gasteiger partial charge is 0.229 e. The number of hydrogen-bond acceptors (Lipinski definition) is 5. The summed E-state index contributed by atoms with van der Waals surface area (Å²) in [6.07, 6.45) is 0. The number of fused-ring (bicyclic) bond motifs is 1. The number of rotatable bonds is 6. The van der Waals surface area contributed by atoms with Crippen LogP contribution in [-0.4, -0.2) is 17.1 Å². The SMILES string of the molecule is COc1ccc(CNc2nc(Nc3ccc(F)cc3)nc3ccccc23)cc1. The van der Waals surface area contributed by atoms with E-state index in [9.17, 15) is 4.39 Å². The molecule has 0 saturated heterocycles. The van der Waals surface area contributed by atoms with Gasteiger partial charge in [0.2, 0.25) is 5.95 Å². The fraction of sp³-hybridized carbons (Fsp3) is 0.0909. The third-order valence-electron chi connectivity index (χ3n) is 4.32. The first-order chi connectivity index (χ1) is 13.7. The monoisotopic (exact) mass is 374 g/mol. The van der Waals surface area contributed by atoms with Crippen LogP contribution >= 0.6 is 0 Å². The molecule has 1 heterocycles. The van der Waals surface area contributed by atoms with Crippen LogP contribution in [0.1, 0.15) is 5.56 Å². The van der Waals surface area contributed by atoms with E-state index in [4.69, 9.17) is 4.74 Å². The van der Waals surface area contributed by atoms with Crippen LogP contribution in [-0.2, 0) is 6.54 Å². The zero-order valence-corrected chi connectivity index (χ0v) is 15.3. The second-order valence-corrected chi connectivity index (χ2v) is 6.25. The largest absolute Gasteiger partial charge is 0.497 e. The van der Waals surface area contributed by atoms with E-state index in [2.05, 4.69) is 20.6 Å². The first-order valence-corrected chi connectivity index (χ1v) is 8.87. The molecule has 0 aliphatic heterocycles. The molecule has 0 fully saturated rings. The Balaban J connectivity index is 1.60. The van der Waals surface area contributed by atoms with Gasteiger partial charge in [-0.3, -0.25) is 0 Å². The van der Waals surface area contributed by atoms with Gasteiger partial charge in [0, 0.05) is 17.6 Å². The topological polar surface area (TPSA) is 59.1 Å². The molecule has 0 amide bonds. The summed E-state index contributed by atoms with van der Waals surface area (Å²) in [5.41, 5.74) is 2.65. The van der Waals surface area contributed by atoms with Gasteiger partial charge in [-0.05, 0) is 54.1 Å². The first-order valence-electron chi connectivity index (χ1n) is 8.87. The zero-order valence-electron chi connectivity index (χ0n) is 15.3. The van der Waals surface area contributed by atoms with Gasteiger partial charge in [0.25, 0.3) is 0 Å². The Labute approximate surface area is 162 Å². The lowest BCUT2D eigenvalue weighted by molar-refractivity contribution is 0.414. The van der Waals surface area contributed by atoms with Crippen LogP contribution in [0.15, 0.2) is 72.8 Å². The molecule has 1 aromatic heterocycles. The summed E-state index contributed by atoms with van der Waals surface area (Å²) in [7, 11) is 1.65. The predicted molar refractivity (Wildman–Crippen MR) is 110 cm³/mol. The Hall–Kier alpha value is -3.67. The van der Waals surface area contributed by atoms with Crippen molar-refractivity contribution in [2.45, 2.75) is 6.54 Å². The van der Waals surface area contributed by atoms with Crippen molar-refractivity contribution in [2.75, 3.05) is 17.7 Å². The van der Waals surface area contributed by atoms with Crippen molar-refractivity contribution in [3.05, 3.63) is 84.2 Å². The third-order valence-corrected chi connectivity index (χ3v) is 4.32. The van der Waals surface area contributed by atoms with Crippen molar-refractivity contribution in [3.8, 4) is 5.75 Å². The minimum absolute atomic E-state index is 0.285. The first kappa shape index (κ1) is 17.7. The summed E-state index contributed by atoms with van der Waals surface area (Å²) in [4.78, 5) is 9.17. The van der Waals surface area contributed by atoms with Gasteiger partial charge in [-0.25, -0.2) is 9.37 Å². The summed E-state index contributed by atoms with van der Waals surface area (Å²) in [5, 5.41) is 7.45. The zero-order chi connectivity index (χ0) is 19.3. The van der Waals surface area contributed by atoms with Gasteiger partial charge in [0.15, 0.2) is 0 Å². The number of benzene rings is 3. The normalized spacial score (nSPS) is 10.6. The lowest BCUT2D eigenvalue weighted by Crippen LogP contribution is -2.05. The van der Waals surface area contributed by atoms with Gasteiger partial charge in [-0.15, -0.1) is 0 Å². The van der Waals surface area contributed by atoms with Crippen LogP contribution in [0.3, 0.4) is 0 Å².